The third kappa shape index (κ3) is 4.45. The number of nitrogens with two attached hydrogens (primary N) is 1. The van der Waals surface area contributed by atoms with Crippen molar-refractivity contribution in [1.29, 1.82) is 0 Å². The van der Waals surface area contributed by atoms with Crippen LogP contribution in [0.3, 0.4) is 0 Å². The minimum atomic E-state index is 0.0634. The Bertz CT molecular complexity index is 476. The number of amides is 1. The van der Waals surface area contributed by atoms with Gasteiger partial charge in [-0.15, -0.1) is 0 Å². The van der Waals surface area contributed by atoms with Crippen LogP contribution in [0, 0.1) is 11.3 Å². The van der Waals surface area contributed by atoms with E-state index in [2.05, 4.69) is 31.1 Å². The lowest BCUT2D eigenvalue weighted by Gasteiger charge is -2.40. The molecule has 0 aliphatic heterocycles. The molecule has 21 heavy (non-hydrogen) atoms. The van der Waals surface area contributed by atoms with Gasteiger partial charge in [0.2, 0.25) is 5.91 Å². The smallest absolute Gasteiger partial charge is 0.226 e. The summed E-state index contributed by atoms with van der Waals surface area (Å²) in [6.07, 6.45) is 6.69. The average molecular weight is 289 g/mol. The number of aromatic nitrogens is 1. The summed E-state index contributed by atoms with van der Waals surface area (Å²) in [5, 5.41) is 3.23. The second-order valence-electron chi connectivity index (χ2n) is 7.19. The summed E-state index contributed by atoms with van der Waals surface area (Å²) in [5.74, 6) is 0.614. The van der Waals surface area contributed by atoms with Gasteiger partial charge in [-0.05, 0) is 36.3 Å². The number of pyridine rings is 1. The molecule has 1 aliphatic rings. The number of nitrogens with one attached hydrogen (secondary N) is 1. The van der Waals surface area contributed by atoms with Crippen LogP contribution >= 0.6 is 0 Å². The number of nitrogens with zero attached hydrogens (tertiary/aromatic N) is 1. The van der Waals surface area contributed by atoms with Gasteiger partial charge < -0.3 is 11.1 Å². The highest BCUT2D eigenvalue weighted by Gasteiger charge is 2.34. The van der Waals surface area contributed by atoms with Gasteiger partial charge in [-0.1, -0.05) is 33.6 Å². The summed E-state index contributed by atoms with van der Waals surface area (Å²) < 4.78 is 0. The number of hydrogen-bond acceptors (Lipinski definition) is 3. The molecule has 1 heterocycles. The minimum Gasteiger partial charge on any atom is -0.397 e. The molecule has 4 nitrogen and oxygen atoms in total. The van der Waals surface area contributed by atoms with E-state index in [-0.39, 0.29) is 11.3 Å². The standard InChI is InChI=1S/C17H27N3O/c1-17(2,3)14-6-4-5-7-15(14)20-16(21)10-13-9-8-12(18)11-19-13/h8-9,11,14-15H,4-7,10,18H2,1-3H3,(H,20,21). The third-order valence-electron chi connectivity index (χ3n) is 4.41. The van der Waals surface area contributed by atoms with E-state index < -0.39 is 0 Å². The van der Waals surface area contributed by atoms with Crippen LogP contribution in [0.5, 0.6) is 0 Å². The predicted molar refractivity (Wildman–Crippen MR) is 85.7 cm³/mol. The van der Waals surface area contributed by atoms with Crippen LogP contribution in [0.25, 0.3) is 0 Å². The van der Waals surface area contributed by atoms with Gasteiger partial charge in [0.05, 0.1) is 18.3 Å². The van der Waals surface area contributed by atoms with Crippen LogP contribution in [0.1, 0.15) is 52.1 Å². The maximum Gasteiger partial charge on any atom is 0.226 e. The van der Waals surface area contributed by atoms with Crippen molar-refractivity contribution >= 4 is 11.6 Å². The molecule has 4 heteroatoms. The monoisotopic (exact) mass is 289 g/mol. The molecule has 2 unspecified atom stereocenters. The van der Waals surface area contributed by atoms with E-state index >= 15 is 0 Å². The molecule has 116 valence electrons. The fraction of sp³-hybridized carbons (Fsp3) is 0.647. The van der Waals surface area contributed by atoms with Crippen molar-refractivity contribution in [1.82, 2.24) is 10.3 Å². The first kappa shape index (κ1) is 15.8. The lowest BCUT2D eigenvalue weighted by Crippen LogP contribution is -2.47. The first-order valence-corrected chi connectivity index (χ1v) is 7.86. The Morgan fingerprint density at radius 2 is 2.05 bits per heavy atom. The quantitative estimate of drug-likeness (QED) is 0.899. The van der Waals surface area contributed by atoms with Crippen LogP contribution in [0.15, 0.2) is 18.3 Å². The molecular formula is C17H27N3O. The van der Waals surface area contributed by atoms with Gasteiger partial charge in [0.15, 0.2) is 0 Å². The topological polar surface area (TPSA) is 68.0 Å². The highest BCUT2D eigenvalue weighted by atomic mass is 16.1. The van der Waals surface area contributed by atoms with Crippen LogP contribution < -0.4 is 11.1 Å². The van der Waals surface area contributed by atoms with Gasteiger partial charge in [0, 0.05) is 11.7 Å². The Hall–Kier alpha value is -1.58. The summed E-state index contributed by atoms with van der Waals surface area (Å²) in [4.78, 5) is 16.4. The SMILES string of the molecule is CC(C)(C)C1CCCCC1NC(=O)Cc1ccc(N)cn1. The molecule has 1 aliphatic carbocycles. The van der Waals surface area contributed by atoms with E-state index in [1.54, 1.807) is 12.3 Å². The summed E-state index contributed by atoms with van der Waals surface area (Å²) >= 11 is 0. The Morgan fingerprint density at radius 3 is 2.67 bits per heavy atom. The molecule has 0 bridgehead atoms. The molecule has 0 spiro atoms. The van der Waals surface area contributed by atoms with E-state index in [1.165, 1.54) is 19.3 Å². The van der Waals surface area contributed by atoms with Gasteiger partial charge in [0.25, 0.3) is 0 Å². The van der Waals surface area contributed by atoms with E-state index in [1.807, 2.05) is 6.07 Å². The molecular weight excluding hydrogens is 262 g/mol. The average Bonchev–Trinajstić information content (AvgIpc) is 2.41. The number of nitrogen functional groups attached to an aromatic ring is 1. The second-order valence-corrected chi connectivity index (χ2v) is 7.19. The first-order chi connectivity index (χ1) is 9.86. The van der Waals surface area contributed by atoms with Crippen molar-refractivity contribution in [3.05, 3.63) is 24.0 Å². The molecule has 1 aromatic heterocycles. The van der Waals surface area contributed by atoms with Gasteiger partial charge >= 0.3 is 0 Å². The molecule has 0 aromatic carbocycles. The molecule has 1 fully saturated rings. The van der Waals surface area contributed by atoms with Crippen molar-refractivity contribution in [3.63, 3.8) is 0 Å². The van der Waals surface area contributed by atoms with Crippen molar-refractivity contribution in [3.8, 4) is 0 Å². The Balaban J connectivity index is 1.95. The number of carbonyl (C=O) groups is 1. The lowest BCUT2D eigenvalue weighted by atomic mass is 9.69. The zero-order valence-corrected chi connectivity index (χ0v) is 13.4. The second kappa shape index (κ2) is 6.46. The van der Waals surface area contributed by atoms with Gasteiger partial charge in [-0.2, -0.15) is 0 Å². The van der Waals surface area contributed by atoms with Crippen molar-refractivity contribution in [2.24, 2.45) is 11.3 Å². The van der Waals surface area contributed by atoms with Crippen LogP contribution in [-0.4, -0.2) is 16.9 Å². The highest BCUT2D eigenvalue weighted by molar-refractivity contribution is 5.78. The third-order valence-corrected chi connectivity index (χ3v) is 4.41. The van der Waals surface area contributed by atoms with Gasteiger partial charge in [0.1, 0.15) is 0 Å². The number of anilines is 1. The van der Waals surface area contributed by atoms with Crippen LogP contribution in [0.4, 0.5) is 5.69 Å². The summed E-state index contributed by atoms with van der Waals surface area (Å²) in [6, 6.07) is 3.89. The van der Waals surface area contributed by atoms with Crippen molar-refractivity contribution < 1.29 is 4.79 Å². The minimum absolute atomic E-state index is 0.0634. The van der Waals surface area contributed by atoms with E-state index in [0.29, 0.717) is 24.1 Å². The van der Waals surface area contributed by atoms with E-state index in [4.69, 9.17) is 5.73 Å². The summed E-state index contributed by atoms with van der Waals surface area (Å²) in [7, 11) is 0. The Labute approximate surface area is 127 Å². The molecule has 2 atom stereocenters. The summed E-state index contributed by atoms with van der Waals surface area (Å²) in [5.41, 5.74) is 7.24. The van der Waals surface area contributed by atoms with Crippen LogP contribution in [-0.2, 0) is 11.2 Å². The number of hydrogen-bond donors (Lipinski definition) is 2. The van der Waals surface area contributed by atoms with Crippen molar-refractivity contribution in [2.75, 3.05) is 5.73 Å². The number of carbonyl (C=O) groups excluding carboxylic acids is 1. The maximum absolute atomic E-state index is 12.3. The molecule has 1 amide bonds. The summed E-state index contributed by atoms with van der Waals surface area (Å²) in [6.45, 7) is 6.80. The predicted octanol–water partition coefficient (Wildman–Crippen LogP) is 2.93. The van der Waals surface area contributed by atoms with Gasteiger partial charge in [-0.3, -0.25) is 9.78 Å². The van der Waals surface area contributed by atoms with E-state index in [9.17, 15) is 4.79 Å². The molecule has 0 saturated heterocycles. The molecule has 3 N–H and O–H groups in total. The van der Waals surface area contributed by atoms with Crippen LogP contribution in [0.2, 0.25) is 0 Å². The van der Waals surface area contributed by atoms with E-state index in [0.717, 1.165) is 12.1 Å². The van der Waals surface area contributed by atoms with Crippen molar-refractivity contribution in [2.45, 2.75) is 58.9 Å². The molecule has 2 rings (SSSR count). The molecule has 1 saturated carbocycles. The largest absolute Gasteiger partial charge is 0.397 e. The molecule has 1 aromatic rings. The number of rotatable bonds is 3. The van der Waals surface area contributed by atoms with Gasteiger partial charge in [-0.25, -0.2) is 0 Å². The molecule has 0 radical (unpaired) electrons. The lowest BCUT2D eigenvalue weighted by molar-refractivity contribution is -0.122. The normalized spacial score (nSPS) is 22.8. The highest BCUT2D eigenvalue weighted by Crippen LogP contribution is 2.37. The Kier molecular flexibility index (Phi) is 4.86. The fourth-order valence-corrected chi connectivity index (χ4v) is 3.30. The first-order valence-electron chi connectivity index (χ1n) is 7.86. The Morgan fingerprint density at radius 1 is 1.33 bits per heavy atom. The zero-order valence-electron chi connectivity index (χ0n) is 13.4. The maximum atomic E-state index is 12.3. The zero-order chi connectivity index (χ0) is 15.5. The fourth-order valence-electron chi connectivity index (χ4n) is 3.30.